The molecule has 1 fully saturated rings. The minimum atomic E-state index is -0.578. The molecule has 0 aliphatic carbocycles. The van der Waals surface area contributed by atoms with Gasteiger partial charge in [0.2, 0.25) is 0 Å². The first-order chi connectivity index (χ1) is 12.2. The van der Waals surface area contributed by atoms with Crippen LogP contribution in [0.25, 0.3) is 0 Å². The molecule has 0 unspecified atom stereocenters. The molecular weight excluding hydrogens is 332 g/mol. The molecule has 26 heavy (non-hydrogen) atoms. The number of nitrogens with zero attached hydrogens (tertiary/aromatic N) is 4. The molecule has 0 N–H and O–H groups in total. The number of pyridine rings is 1. The van der Waals surface area contributed by atoms with Crippen LogP contribution in [0.4, 0.5) is 16.4 Å². The highest BCUT2D eigenvalue weighted by atomic mass is 16.6. The summed E-state index contributed by atoms with van der Waals surface area (Å²) in [5.41, 5.74) is 0.624. The van der Waals surface area contributed by atoms with Crippen molar-refractivity contribution in [1.82, 2.24) is 9.88 Å². The van der Waals surface area contributed by atoms with Crippen molar-refractivity contribution in [3.05, 3.63) is 17.7 Å². The van der Waals surface area contributed by atoms with Crippen LogP contribution in [-0.2, 0) is 16.0 Å². The van der Waals surface area contributed by atoms with Crippen LogP contribution in [0.3, 0.4) is 0 Å². The molecule has 0 saturated carbocycles. The van der Waals surface area contributed by atoms with Crippen molar-refractivity contribution in [2.75, 3.05) is 37.0 Å². The van der Waals surface area contributed by atoms with Crippen LogP contribution in [0.2, 0.25) is 0 Å². The third-order valence-electron chi connectivity index (χ3n) is 4.86. The average Bonchev–Trinajstić information content (AvgIpc) is 3.19. The van der Waals surface area contributed by atoms with Gasteiger partial charge in [0.1, 0.15) is 23.3 Å². The Balaban J connectivity index is 1.75. The molecule has 3 heterocycles. The van der Waals surface area contributed by atoms with E-state index in [2.05, 4.69) is 9.88 Å². The second-order valence-electron chi connectivity index (χ2n) is 8.05. The second-order valence-corrected chi connectivity index (χ2v) is 8.05. The number of ether oxygens (including phenoxy) is 1. The lowest BCUT2D eigenvalue weighted by Crippen LogP contribution is -2.48. The van der Waals surface area contributed by atoms with Crippen LogP contribution in [-0.4, -0.2) is 60.7 Å². The minimum Gasteiger partial charge on any atom is -0.444 e. The number of likely N-dealkylation sites (N-methyl/N-ethyl adjacent to an activating group) is 2. The molecule has 2 amide bonds. The summed E-state index contributed by atoms with van der Waals surface area (Å²) >= 11 is 0. The Bertz CT molecular complexity index is 713. The summed E-state index contributed by atoms with van der Waals surface area (Å²) in [6.45, 7) is 6.97. The van der Waals surface area contributed by atoms with Gasteiger partial charge >= 0.3 is 6.09 Å². The minimum absolute atomic E-state index is 0.124. The molecule has 0 aromatic carbocycles. The molecule has 142 valence electrons. The lowest BCUT2D eigenvalue weighted by molar-refractivity contribution is -0.122. The second kappa shape index (κ2) is 6.78. The molecule has 0 bridgehead atoms. The molecule has 1 aromatic rings. The summed E-state index contributed by atoms with van der Waals surface area (Å²) in [6.07, 6.45) is 1.99. The van der Waals surface area contributed by atoms with Gasteiger partial charge in [-0.15, -0.1) is 0 Å². The van der Waals surface area contributed by atoms with Gasteiger partial charge in [-0.1, -0.05) is 6.07 Å². The van der Waals surface area contributed by atoms with E-state index in [4.69, 9.17) is 4.74 Å². The summed E-state index contributed by atoms with van der Waals surface area (Å²) in [7, 11) is 3.73. The first-order valence-corrected chi connectivity index (χ1v) is 9.15. The number of carbonyl (C=O) groups excluding carboxylic acids is 2. The maximum Gasteiger partial charge on any atom is 0.410 e. The third kappa shape index (κ3) is 3.61. The fraction of sp³-hybridized carbons (Fsp3) is 0.632. The summed E-state index contributed by atoms with van der Waals surface area (Å²) in [5.74, 6) is 1.41. The van der Waals surface area contributed by atoms with Gasteiger partial charge in [0.15, 0.2) is 0 Å². The average molecular weight is 360 g/mol. The molecule has 1 atom stereocenters. The SMILES string of the molecule is CN1CCc2ccc(N(C)C(=O)[C@@H]3CCCN3C(=O)OC(C)(C)C)nc21. The van der Waals surface area contributed by atoms with E-state index >= 15 is 0 Å². The zero-order valence-electron chi connectivity index (χ0n) is 16.3. The first kappa shape index (κ1) is 18.5. The number of hydrogen-bond donors (Lipinski definition) is 0. The van der Waals surface area contributed by atoms with Crippen LogP contribution in [0.1, 0.15) is 39.2 Å². The zero-order valence-corrected chi connectivity index (χ0v) is 16.3. The van der Waals surface area contributed by atoms with E-state index in [0.29, 0.717) is 18.8 Å². The number of likely N-dealkylation sites (tertiary alicyclic amines) is 1. The highest BCUT2D eigenvalue weighted by Crippen LogP contribution is 2.28. The molecule has 2 aliphatic rings. The Morgan fingerprint density at radius 2 is 2.00 bits per heavy atom. The largest absolute Gasteiger partial charge is 0.444 e. The maximum atomic E-state index is 13.0. The quantitative estimate of drug-likeness (QED) is 0.810. The normalized spacial score (nSPS) is 19.5. The number of carbonyl (C=O) groups is 2. The molecule has 3 rings (SSSR count). The lowest BCUT2D eigenvalue weighted by atomic mass is 10.2. The fourth-order valence-electron chi connectivity index (χ4n) is 3.47. The number of aromatic nitrogens is 1. The van der Waals surface area contributed by atoms with Gasteiger partial charge < -0.3 is 9.64 Å². The number of amides is 2. The highest BCUT2D eigenvalue weighted by Gasteiger charge is 2.38. The first-order valence-electron chi connectivity index (χ1n) is 9.15. The Labute approximate surface area is 154 Å². The van der Waals surface area contributed by atoms with Crippen LogP contribution in [0.15, 0.2) is 12.1 Å². The smallest absolute Gasteiger partial charge is 0.410 e. The number of anilines is 2. The van der Waals surface area contributed by atoms with Gasteiger partial charge in [0.25, 0.3) is 5.91 Å². The van der Waals surface area contributed by atoms with Gasteiger partial charge in [0.05, 0.1) is 0 Å². The molecule has 7 heteroatoms. The van der Waals surface area contributed by atoms with Gasteiger partial charge in [-0.2, -0.15) is 0 Å². The van der Waals surface area contributed by atoms with E-state index in [1.54, 1.807) is 16.8 Å². The fourth-order valence-corrected chi connectivity index (χ4v) is 3.47. The van der Waals surface area contributed by atoms with Gasteiger partial charge in [-0.25, -0.2) is 9.78 Å². The summed E-state index contributed by atoms with van der Waals surface area (Å²) in [4.78, 5) is 35.3. The van der Waals surface area contributed by atoms with Crippen molar-refractivity contribution in [1.29, 1.82) is 0 Å². The lowest BCUT2D eigenvalue weighted by Gasteiger charge is -2.30. The van der Waals surface area contributed by atoms with Crippen molar-refractivity contribution in [3.63, 3.8) is 0 Å². The van der Waals surface area contributed by atoms with E-state index < -0.39 is 17.7 Å². The van der Waals surface area contributed by atoms with E-state index in [-0.39, 0.29) is 5.91 Å². The molecule has 0 radical (unpaired) electrons. The molecular formula is C19H28N4O3. The predicted octanol–water partition coefficient (Wildman–Crippen LogP) is 2.44. The van der Waals surface area contributed by atoms with Crippen molar-refractivity contribution < 1.29 is 14.3 Å². The number of rotatable bonds is 2. The van der Waals surface area contributed by atoms with Gasteiger partial charge in [-0.3, -0.25) is 14.6 Å². The number of fused-ring (bicyclic) bond motifs is 1. The van der Waals surface area contributed by atoms with Crippen LogP contribution in [0, 0.1) is 0 Å². The molecule has 2 aliphatic heterocycles. The Morgan fingerprint density at radius 1 is 1.27 bits per heavy atom. The van der Waals surface area contributed by atoms with E-state index in [0.717, 1.165) is 25.2 Å². The monoisotopic (exact) mass is 360 g/mol. The van der Waals surface area contributed by atoms with E-state index in [1.165, 1.54) is 5.56 Å². The predicted molar refractivity (Wildman–Crippen MR) is 101 cm³/mol. The van der Waals surface area contributed by atoms with Gasteiger partial charge in [0, 0.05) is 27.2 Å². The summed E-state index contributed by atoms with van der Waals surface area (Å²) in [5, 5.41) is 0. The maximum absolute atomic E-state index is 13.0. The Morgan fingerprint density at radius 3 is 2.69 bits per heavy atom. The highest BCUT2D eigenvalue weighted by molar-refractivity contribution is 5.98. The van der Waals surface area contributed by atoms with E-state index in [9.17, 15) is 9.59 Å². The molecule has 1 aromatic heterocycles. The number of hydrogen-bond acceptors (Lipinski definition) is 5. The van der Waals surface area contributed by atoms with Crippen LogP contribution >= 0.6 is 0 Å². The Hall–Kier alpha value is -2.31. The van der Waals surface area contributed by atoms with Crippen molar-refractivity contribution in [3.8, 4) is 0 Å². The molecule has 1 saturated heterocycles. The third-order valence-corrected chi connectivity index (χ3v) is 4.86. The van der Waals surface area contributed by atoms with Gasteiger partial charge in [-0.05, 0) is 51.7 Å². The Kier molecular flexibility index (Phi) is 4.82. The van der Waals surface area contributed by atoms with Crippen molar-refractivity contribution in [2.24, 2.45) is 0 Å². The topological polar surface area (TPSA) is 66.0 Å². The summed E-state index contributed by atoms with van der Waals surface area (Å²) < 4.78 is 5.46. The van der Waals surface area contributed by atoms with Crippen LogP contribution < -0.4 is 9.80 Å². The van der Waals surface area contributed by atoms with Crippen molar-refractivity contribution in [2.45, 2.75) is 51.7 Å². The van der Waals surface area contributed by atoms with E-state index in [1.807, 2.05) is 40.0 Å². The zero-order chi connectivity index (χ0) is 19.1. The van der Waals surface area contributed by atoms with Crippen molar-refractivity contribution >= 4 is 23.6 Å². The molecule has 0 spiro atoms. The summed E-state index contributed by atoms with van der Waals surface area (Å²) in [6, 6.07) is 3.41. The van der Waals surface area contributed by atoms with Crippen LogP contribution in [0.5, 0.6) is 0 Å². The molecule has 7 nitrogen and oxygen atoms in total. The standard InChI is InChI=1S/C19H28N4O3/c1-19(2,3)26-18(25)23-11-6-7-14(23)17(24)22(5)15-9-8-13-10-12-21(4)16(13)20-15/h8-9,14H,6-7,10-12H2,1-5H3/t14-/m0/s1.